The van der Waals surface area contributed by atoms with Crippen molar-refractivity contribution < 1.29 is 19.0 Å². The lowest BCUT2D eigenvalue weighted by Crippen LogP contribution is -2.03. The molecule has 1 N–H and O–H groups in total. The molecule has 0 amide bonds. The van der Waals surface area contributed by atoms with Gasteiger partial charge in [0.2, 0.25) is 11.2 Å². The van der Waals surface area contributed by atoms with Crippen molar-refractivity contribution in [3.05, 3.63) is 51.6 Å². The van der Waals surface area contributed by atoms with E-state index >= 15 is 0 Å². The fourth-order valence-electron chi connectivity index (χ4n) is 2.34. The number of hydrogen-bond acceptors (Lipinski definition) is 5. The van der Waals surface area contributed by atoms with Gasteiger partial charge in [0.05, 0.1) is 19.6 Å². The number of fused-ring (bicyclic) bond motifs is 1. The van der Waals surface area contributed by atoms with Crippen molar-refractivity contribution in [3.63, 3.8) is 0 Å². The summed E-state index contributed by atoms with van der Waals surface area (Å²) >= 11 is 5.95. The Morgan fingerprint density at radius 2 is 1.78 bits per heavy atom. The van der Waals surface area contributed by atoms with Crippen LogP contribution < -0.4 is 14.9 Å². The third kappa shape index (κ3) is 2.59. The molecule has 0 saturated heterocycles. The second-order valence-corrected chi connectivity index (χ2v) is 5.26. The molecule has 0 radical (unpaired) electrons. The summed E-state index contributed by atoms with van der Waals surface area (Å²) in [5, 5.41) is 10.9. The minimum absolute atomic E-state index is 0.0530. The van der Waals surface area contributed by atoms with Gasteiger partial charge in [0.15, 0.2) is 17.3 Å². The number of rotatable bonds is 3. The van der Waals surface area contributed by atoms with Gasteiger partial charge >= 0.3 is 0 Å². The maximum atomic E-state index is 12.4. The average Bonchev–Trinajstić information content (AvgIpc) is 2.57. The van der Waals surface area contributed by atoms with E-state index in [9.17, 15) is 9.90 Å². The van der Waals surface area contributed by atoms with Crippen LogP contribution >= 0.6 is 11.6 Å². The van der Waals surface area contributed by atoms with Gasteiger partial charge in [-0.1, -0.05) is 23.7 Å². The van der Waals surface area contributed by atoms with Crippen molar-refractivity contribution in [2.75, 3.05) is 14.2 Å². The molecule has 0 fully saturated rings. The molecule has 3 rings (SSSR count). The first-order valence-electron chi connectivity index (χ1n) is 6.73. The molecule has 23 heavy (non-hydrogen) atoms. The van der Waals surface area contributed by atoms with Crippen LogP contribution in [0, 0.1) is 0 Å². The minimum Gasteiger partial charge on any atom is -0.502 e. The summed E-state index contributed by atoms with van der Waals surface area (Å²) in [7, 11) is 2.95. The maximum absolute atomic E-state index is 12.4. The number of halogens is 1. The summed E-state index contributed by atoms with van der Waals surface area (Å²) in [6, 6.07) is 9.71. The lowest BCUT2D eigenvalue weighted by molar-refractivity contribution is 0.355. The first-order chi connectivity index (χ1) is 11.0. The first-order valence-corrected chi connectivity index (χ1v) is 7.10. The van der Waals surface area contributed by atoms with Gasteiger partial charge in [-0.3, -0.25) is 4.79 Å². The van der Waals surface area contributed by atoms with Gasteiger partial charge in [0.1, 0.15) is 5.58 Å². The van der Waals surface area contributed by atoms with E-state index in [1.54, 1.807) is 30.3 Å². The van der Waals surface area contributed by atoms with Gasteiger partial charge in [-0.25, -0.2) is 0 Å². The number of methoxy groups -OCH3 is 2. The van der Waals surface area contributed by atoms with Gasteiger partial charge in [-0.05, 0) is 18.2 Å². The molecule has 3 aromatic rings. The van der Waals surface area contributed by atoms with Crippen LogP contribution in [-0.4, -0.2) is 19.3 Å². The second-order valence-electron chi connectivity index (χ2n) is 4.82. The van der Waals surface area contributed by atoms with Crippen molar-refractivity contribution in [1.29, 1.82) is 0 Å². The lowest BCUT2D eigenvalue weighted by atomic mass is 10.1. The van der Waals surface area contributed by atoms with Gasteiger partial charge in [-0.15, -0.1) is 0 Å². The third-order valence-corrected chi connectivity index (χ3v) is 3.69. The molecule has 1 aromatic heterocycles. The van der Waals surface area contributed by atoms with E-state index < -0.39 is 11.2 Å². The molecule has 1 heterocycles. The molecule has 0 aliphatic carbocycles. The largest absolute Gasteiger partial charge is 0.502 e. The smallest absolute Gasteiger partial charge is 0.235 e. The molecule has 0 saturated carbocycles. The van der Waals surface area contributed by atoms with Gasteiger partial charge in [-0.2, -0.15) is 0 Å². The molecule has 0 unspecified atom stereocenters. The highest BCUT2D eigenvalue weighted by atomic mass is 35.5. The Hall–Kier alpha value is -2.66. The second kappa shape index (κ2) is 5.85. The summed E-state index contributed by atoms with van der Waals surface area (Å²) in [4.78, 5) is 12.4. The number of benzene rings is 2. The molecule has 6 heteroatoms. The molecule has 0 aliphatic rings. The molecule has 0 atom stereocenters. The van der Waals surface area contributed by atoms with Crippen LogP contribution in [-0.2, 0) is 0 Å². The zero-order valence-electron chi connectivity index (χ0n) is 12.4. The van der Waals surface area contributed by atoms with Crippen molar-refractivity contribution in [1.82, 2.24) is 0 Å². The van der Waals surface area contributed by atoms with Gasteiger partial charge < -0.3 is 19.0 Å². The Morgan fingerprint density at radius 1 is 1.09 bits per heavy atom. The van der Waals surface area contributed by atoms with E-state index in [0.29, 0.717) is 22.1 Å². The Morgan fingerprint density at radius 3 is 2.43 bits per heavy atom. The SMILES string of the molecule is COc1cc2oc(-c3cccc(Cl)c3)c(O)c(=O)c2cc1OC. The summed E-state index contributed by atoms with van der Waals surface area (Å²) in [5.41, 5.74) is 0.228. The van der Waals surface area contributed by atoms with Crippen LogP contribution in [0.2, 0.25) is 5.02 Å². The zero-order chi connectivity index (χ0) is 16.6. The summed E-state index contributed by atoms with van der Waals surface area (Å²) in [6.45, 7) is 0. The molecule has 5 nitrogen and oxygen atoms in total. The Bertz CT molecular complexity index is 946. The fraction of sp³-hybridized carbons (Fsp3) is 0.118. The third-order valence-electron chi connectivity index (χ3n) is 3.46. The highest BCUT2D eigenvalue weighted by molar-refractivity contribution is 6.30. The molecule has 0 aliphatic heterocycles. The van der Waals surface area contributed by atoms with Crippen molar-refractivity contribution >= 4 is 22.6 Å². The molecular formula is C17H13ClO5. The average molecular weight is 333 g/mol. The van der Waals surface area contributed by atoms with Crippen LogP contribution in [0.25, 0.3) is 22.3 Å². The monoisotopic (exact) mass is 332 g/mol. The van der Waals surface area contributed by atoms with E-state index in [0.717, 1.165) is 0 Å². The standard InChI is InChI=1S/C17H13ClO5/c1-21-13-7-11-12(8-14(13)22-2)23-17(16(20)15(11)19)9-4-3-5-10(18)6-9/h3-8,20H,1-2H3. The Balaban J connectivity index is 2.34. The highest BCUT2D eigenvalue weighted by Crippen LogP contribution is 2.36. The van der Waals surface area contributed by atoms with E-state index in [-0.39, 0.29) is 16.7 Å². The highest BCUT2D eigenvalue weighted by Gasteiger charge is 2.18. The summed E-state index contributed by atoms with van der Waals surface area (Å²) < 4.78 is 16.1. The number of ether oxygens (including phenoxy) is 2. The number of aromatic hydroxyl groups is 1. The van der Waals surface area contributed by atoms with Crippen LogP contribution in [0.1, 0.15) is 0 Å². The van der Waals surface area contributed by atoms with Crippen molar-refractivity contribution in [3.8, 4) is 28.6 Å². The van der Waals surface area contributed by atoms with Crippen LogP contribution in [0.3, 0.4) is 0 Å². The van der Waals surface area contributed by atoms with Gasteiger partial charge in [0.25, 0.3) is 0 Å². The van der Waals surface area contributed by atoms with E-state index in [1.165, 1.54) is 20.3 Å². The van der Waals surface area contributed by atoms with Crippen molar-refractivity contribution in [2.45, 2.75) is 0 Å². The normalized spacial score (nSPS) is 10.7. The predicted octanol–water partition coefficient (Wildman–Crippen LogP) is 3.84. The maximum Gasteiger partial charge on any atom is 0.235 e. The fourth-order valence-corrected chi connectivity index (χ4v) is 2.53. The molecule has 0 spiro atoms. The lowest BCUT2D eigenvalue weighted by Gasteiger charge is -2.10. The van der Waals surface area contributed by atoms with Crippen LogP contribution in [0.15, 0.2) is 45.6 Å². The molecule has 118 valence electrons. The number of hydrogen-bond donors (Lipinski definition) is 1. The first kappa shape index (κ1) is 15.2. The molecular weight excluding hydrogens is 320 g/mol. The van der Waals surface area contributed by atoms with Crippen LogP contribution in [0.4, 0.5) is 0 Å². The van der Waals surface area contributed by atoms with Crippen molar-refractivity contribution in [2.24, 2.45) is 0 Å². The van der Waals surface area contributed by atoms with E-state index in [4.69, 9.17) is 25.5 Å². The Labute approximate surface area is 136 Å². The zero-order valence-corrected chi connectivity index (χ0v) is 13.2. The summed E-state index contributed by atoms with van der Waals surface area (Å²) in [6.07, 6.45) is 0. The minimum atomic E-state index is -0.554. The summed E-state index contributed by atoms with van der Waals surface area (Å²) in [5.74, 6) is 0.372. The van der Waals surface area contributed by atoms with E-state index in [2.05, 4.69) is 0 Å². The van der Waals surface area contributed by atoms with E-state index in [1.807, 2.05) is 0 Å². The predicted molar refractivity (Wildman–Crippen MR) is 87.7 cm³/mol. The topological polar surface area (TPSA) is 68.9 Å². The van der Waals surface area contributed by atoms with Crippen LogP contribution in [0.5, 0.6) is 17.2 Å². The van der Waals surface area contributed by atoms with Gasteiger partial charge in [0, 0.05) is 16.7 Å². The molecule has 2 aromatic carbocycles. The molecule has 0 bridgehead atoms. The Kier molecular flexibility index (Phi) is 3.88. The quantitative estimate of drug-likeness (QED) is 0.789.